The van der Waals surface area contributed by atoms with Gasteiger partial charge in [0.05, 0.1) is 0 Å². The van der Waals surface area contributed by atoms with Gasteiger partial charge < -0.3 is 10.6 Å². The maximum atomic E-state index is 5.92. The Morgan fingerprint density at radius 1 is 1.42 bits per heavy atom. The highest BCUT2D eigenvalue weighted by molar-refractivity contribution is 9.10. The summed E-state index contributed by atoms with van der Waals surface area (Å²) in [4.78, 5) is 6.43. The second kappa shape index (κ2) is 6.66. The van der Waals surface area contributed by atoms with Crippen molar-refractivity contribution >= 4 is 39.1 Å². The van der Waals surface area contributed by atoms with Crippen molar-refractivity contribution < 1.29 is 0 Å². The smallest absolute Gasteiger partial charge is 0.172 e. The van der Waals surface area contributed by atoms with E-state index in [4.69, 9.17) is 18.0 Å². The lowest BCUT2D eigenvalue weighted by Gasteiger charge is -2.36. The average molecular weight is 342 g/mol. The summed E-state index contributed by atoms with van der Waals surface area (Å²) in [6.45, 7) is 2.21. The summed E-state index contributed by atoms with van der Waals surface area (Å²) in [5.74, 6) is 1.49. The van der Waals surface area contributed by atoms with Crippen LogP contribution in [0.2, 0.25) is 0 Å². The molecule has 0 saturated heterocycles. The third-order valence-electron chi connectivity index (χ3n) is 3.94. The Balaban J connectivity index is 2.19. The van der Waals surface area contributed by atoms with Gasteiger partial charge in [0.25, 0.3) is 0 Å². The molecule has 2 N–H and O–H groups in total. The van der Waals surface area contributed by atoms with Crippen LogP contribution >= 0.6 is 28.1 Å². The molecule has 0 radical (unpaired) electrons. The lowest BCUT2D eigenvalue weighted by atomic mass is 9.84. The van der Waals surface area contributed by atoms with Crippen LogP contribution in [0.1, 0.15) is 39.0 Å². The number of nitrogens with zero attached hydrogens (tertiary/aromatic N) is 2. The first-order chi connectivity index (χ1) is 9.09. The van der Waals surface area contributed by atoms with E-state index in [9.17, 15) is 0 Å². The van der Waals surface area contributed by atoms with Gasteiger partial charge in [-0.3, -0.25) is 0 Å². The first kappa shape index (κ1) is 14.7. The largest absolute Gasteiger partial charge is 0.376 e. The molecule has 1 heterocycles. The molecule has 104 valence electrons. The highest BCUT2D eigenvalue weighted by atomic mass is 79.9. The second-order valence-electron chi connectivity index (χ2n) is 5.18. The number of nitrogens with two attached hydrogens (primary N) is 1. The van der Waals surface area contributed by atoms with Gasteiger partial charge in [-0.15, -0.1) is 0 Å². The Bertz CT molecular complexity index is 429. The van der Waals surface area contributed by atoms with Crippen LogP contribution in [0.15, 0.2) is 22.8 Å². The molecule has 1 aromatic rings. The zero-order valence-corrected chi connectivity index (χ0v) is 13.6. The lowest BCUT2D eigenvalue weighted by molar-refractivity contribution is 0.316. The summed E-state index contributed by atoms with van der Waals surface area (Å²) in [7, 11) is 0. The normalized spacial score (nSPS) is 18.0. The van der Waals surface area contributed by atoms with E-state index in [1.807, 2.05) is 17.0 Å². The van der Waals surface area contributed by atoms with Crippen LogP contribution in [0.3, 0.4) is 0 Å². The van der Waals surface area contributed by atoms with Crippen molar-refractivity contribution in [1.29, 1.82) is 0 Å². The van der Waals surface area contributed by atoms with E-state index in [1.54, 1.807) is 6.20 Å². The number of halogens is 1. The molecule has 5 heteroatoms. The number of thiocarbonyl (C=S) groups is 1. The van der Waals surface area contributed by atoms with E-state index in [0.29, 0.717) is 17.1 Å². The molecule has 1 aliphatic rings. The summed E-state index contributed by atoms with van der Waals surface area (Å²) in [5, 5.41) is 0.410. The maximum absolute atomic E-state index is 5.92. The Hall–Kier alpha value is -0.680. The molecule has 1 aliphatic carbocycles. The van der Waals surface area contributed by atoms with Crippen LogP contribution in [0.4, 0.5) is 5.82 Å². The summed E-state index contributed by atoms with van der Waals surface area (Å²) < 4.78 is 0.962. The van der Waals surface area contributed by atoms with Crippen molar-refractivity contribution in [2.24, 2.45) is 11.7 Å². The second-order valence-corrected chi connectivity index (χ2v) is 6.52. The molecule has 3 nitrogen and oxygen atoms in total. The fraction of sp³-hybridized carbons (Fsp3) is 0.571. The average Bonchev–Trinajstić information content (AvgIpc) is 2.42. The van der Waals surface area contributed by atoms with Crippen LogP contribution in [0.25, 0.3) is 0 Å². The molecule has 1 atom stereocenters. The van der Waals surface area contributed by atoms with Crippen LogP contribution < -0.4 is 10.6 Å². The topological polar surface area (TPSA) is 42.1 Å². The molecule has 1 fully saturated rings. The first-order valence-electron chi connectivity index (χ1n) is 6.80. The number of hydrogen-bond acceptors (Lipinski definition) is 2. The van der Waals surface area contributed by atoms with Gasteiger partial charge in [0.15, 0.2) is 5.11 Å². The summed E-state index contributed by atoms with van der Waals surface area (Å²) in [6.07, 6.45) is 8.29. The molecule has 1 saturated carbocycles. The molecular weight excluding hydrogens is 322 g/mol. The van der Waals surface area contributed by atoms with Gasteiger partial charge in [-0.2, -0.15) is 0 Å². The Kier molecular flexibility index (Phi) is 5.16. The highest BCUT2D eigenvalue weighted by Crippen LogP contribution is 2.30. The minimum Gasteiger partial charge on any atom is -0.376 e. The predicted octanol–water partition coefficient (Wildman–Crippen LogP) is 3.86. The van der Waals surface area contributed by atoms with Gasteiger partial charge in [-0.05, 0) is 66.0 Å². The van der Waals surface area contributed by atoms with Crippen molar-refractivity contribution in [3.8, 4) is 0 Å². The number of rotatable bonds is 3. The van der Waals surface area contributed by atoms with Crippen LogP contribution in [0, 0.1) is 5.92 Å². The van der Waals surface area contributed by atoms with E-state index in [1.165, 1.54) is 32.1 Å². The monoisotopic (exact) mass is 341 g/mol. The number of aromatic nitrogens is 1. The molecule has 1 aromatic heterocycles. The summed E-state index contributed by atoms with van der Waals surface area (Å²) in [5.41, 5.74) is 5.92. The molecule has 2 rings (SSSR count). The highest BCUT2D eigenvalue weighted by Gasteiger charge is 2.27. The molecule has 0 unspecified atom stereocenters. The fourth-order valence-electron chi connectivity index (χ4n) is 2.86. The van der Waals surface area contributed by atoms with Gasteiger partial charge in [0.1, 0.15) is 5.82 Å². The number of hydrogen-bond donors (Lipinski definition) is 1. The van der Waals surface area contributed by atoms with Gasteiger partial charge >= 0.3 is 0 Å². The molecule has 0 aliphatic heterocycles. The summed E-state index contributed by atoms with van der Waals surface area (Å²) in [6, 6.07) is 4.25. The van der Waals surface area contributed by atoms with Gasteiger partial charge in [0.2, 0.25) is 0 Å². The third-order valence-corrected chi connectivity index (χ3v) is 4.60. The predicted molar refractivity (Wildman–Crippen MR) is 87.2 cm³/mol. The molecule has 19 heavy (non-hydrogen) atoms. The summed E-state index contributed by atoms with van der Waals surface area (Å²) >= 11 is 8.63. The minimum atomic E-state index is 0.312. The van der Waals surface area contributed by atoms with Crippen LogP contribution in [-0.2, 0) is 0 Å². The first-order valence-corrected chi connectivity index (χ1v) is 8.00. The molecule has 0 spiro atoms. The molecule has 0 aromatic carbocycles. The van der Waals surface area contributed by atoms with Gasteiger partial charge in [-0.1, -0.05) is 19.3 Å². The SMILES string of the molecule is C[C@H](C1CCCCC1)N(C(N)=S)c1ccc(Br)cn1. The minimum absolute atomic E-state index is 0.312. The van der Waals surface area contributed by atoms with Crippen LogP contribution in [0.5, 0.6) is 0 Å². The van der Waals surface area contributed by atoms with E-state index >= 15 is 0 Å². The molecule has 0 bridgehead atoms. The van der Waals surface area contributed by atoms with Crippen LogP contribution in [-0.4, -0.2) is 16.1 Å². The molecular formula is C14H20BrN3S. The number of anilines is 1. The zero-order valence-electron chi connectivity index (χ0n) is 11.2. The number of pyridine rings is 1. The van der Waals surface area contributed by atoms with Gasteiger partial charge in [0, 0.05) is 16.7 Å². The van der Waals surface area contributed by atoms with Crippen molar-refractivity contribution in [3.63, 3.8) is 0 Å². The Morgan fingerprint density at radius 2 is 2.11 bits per heavy atom. The van der Waals surface area contributed by atoms with Gasteiger partial charge in [-0.25, -0.2) is 4.98 Å². The van der Waals surface area contributed by atoms with E-state index < -0.39 is 0 Å². The Morgan fingerprint density at radius 3 is 2.63 bits per heavy atom. The van der Waals surface area contributed by atoms with Crippen molar-refractivity contribution in [2.45, 2.75) is 45.1 Å². The zero-order chi connectivity index (χ0) is 13.8. The maximum Gasteiger partial charge on any atom is 0.172 e. The fourth-order valence-corrected chi connectivity index (χ4v) is 3.35. The Labute approximate surface area is 128 Å². The van der Waals surface area contributed by atoms with Crippen molar-refractivity contribution in [3.05, 3.63) is 22.8 Å². The standard InChI is InChI=1S/C14H20BrN3S/c1-10(11-5-3-2-4-6-11)18(14(16)19)13-8-7-12(15)9-17-13/h7-11H,2-6H2,1H3,(H2,16,19)/t10-/m1/s1. The third kappa shape index (κ3) is 3.66. The van der Waals surface area contributed by atoms with E-state index in [0.717, 1.165) is 10.3 Å². The van der Waals surface area contributed by atoms with E-state index in [2.05, 4.69) is 27.8 Å². The quantitative estimate of drug-likeness (QED) is 0.847. The molecule has 0 amide bonds. The lowest BCUT2D eigenvalue weighted by Crippen LogP contribution is -2.46. The van der Waals surface area contributed by atoms with Crippen molar-refractivity contribution in [1.82, 2.24) is 4.98 Å². The van der Waals surface area contributed by atoms with Crippen molar-refractivity contribution in [2.75, 3.05) is 4.90 Å². The van der Waals surface area contributed by atoms with E-state index in [-0.39, 0.29) is 0 Å².